The molecule has 1 amide bonds. The molecule has 0 radical (unpaired) electrons. The smallest absolute Gasteiger partial charge is 0.263 e. The number of rotatable bonds is 7. The van der Waals surface area contributed by atoms with Gasteiger partial charge < -0.3 is 9.30 Å². The number of amides is 1. The molecule has 2 aromatic heterocycles. The van der Waals surface area contributed by atoms with E-state index in [-0.39, 0.29) is 5.91 Å². The highest BCUT2D eigenvalue weighted by Gasteiger charge is 2.24. The van der Waals surface area contributed by atoms with Crippen molar-refractivity contribution in [3.05, 3.63) is 70.8 Å². The van der Waals surface area contributed by atoms with Crippen molar-refractivity contribution < 1.29 is 9.53 Å². The fourth-order valence-corrected chi connectivity index (χ4v) is 4.66. The van der Waals surface area contributed by atoms with Crippen molar-refractivity contribution in [2.75, 3.05) is 18.6 Å². The van der Waals surface area contributed by atoms with Gasteiger partial charge in [-0.1, -0.05) is 29.0 Å². The molecule has 0 atom stereocenters. The van der Waals surface area contributed by atoms with Crippen LogP contribution in [0.25, 0.3) is 10.2 Å². The van der Waals surface area contributed by atoms with E-state index >= 15 is 0 Å². The molecule has 8 heteroatoms. The van der Waals surface area contributed by atoms with E-state index in [1.54, 1.807) is 42.7 Å². The van der Waals surface area contributed by atoms with Crippen molar-refractivity contribution in [3.63, 3.8) is 0 Å². The van der Waals surface area contributed by atoms with Crippen LogP contribution in [-0.4, -0.2) is 34.1 Å². The number of fused-ring (bicyclic) bond motifs is 1. The van der Waals surface area contributed by atoms with Crippen LogP contribution in [0.3, 0.4) is 0 Å². The summed E-state index contributed by atoms with van der Waals surface area (Å²) in [7, 11) is 1.55. The van der Waals surface area contributed by atoms with Crippen LogP contribution < -0.4 is 9.64 Å². The Hall–Kier alpha value is -2.90. The second-order valence-electron chi connectivity index (χ2n) is 7.31. The fraction of sp³-hybridized carbons (Fsp3) is 0.261. The van der Waals surface area contributed by atoms with Crippen LogP contribution in [0, 0.1) is 13.8 Å². The zero-order valence-electron chi connectivity index (χ0n) is 17.6. The van der Waals surface area contributed by atoms with Crippen LogP contribution in [0.4, 0.5) is 5.13 Å². The molecule has 0 aliphatic heterocycles. The predicted octanol–water partition coefficient (Wildman–Crippen LogP) is 5.51. The number of anilines is 1. The summed E-state index contributed by atoms with van der Waals surface area (Å²) < 4.78 is 8.48. The maximum absolute atomic E-state index is 13.6. The summed E-state index contributed by atoms with van der Waals surface area (Å²) in [4.78, 5) is 24.3. The maximum atomic E-state index is 13.6. The molecule has 0 bridgehead atoms. The highest BCUT2D eigenvalue weighted by atomic mass is 35.5. The van der Waals surface area contributed by atoms with Crippen molar-refractivity contribution in [2.24, 2.45) is 0 Å². The molecular weight excluding hydrogens is 432 g/mol. The summed E-state index contributed by atoms with van der Waals surface area (Å²) >= 11 is 7.71. The Bertz CT molecular complexity index is 1220. The molecule has 4 aromatic rings. The Morgan fingerprint density at radius 2 is 2.10 bits per heavy atom. The quantitative estimate of drug-likeness (QED) is 0.369. The monoisotopic (exact) mass is 454 g/mol. The number of nitrogens with zero attached hydrogens (tertiary/aromatic N) is 4. The number of imidazole rings is 1. The highest BCUT2D eigenvalue weighted by molar-refractivity contribution is 7.22. The molecule has 0 unspecified atom stereocenters. The van der Waals surface area contributed by atoms with Crippen LogP contribution in [0.15, 0.2) is 49.1 Å². The van der Waals surface area contributed by atoms with Gasteiger partial charge in [0.1, 0.15) is 5.75 Å². The van der Waals surface area contributed by atoms with Gasteiger partial charge in [-0.2, -0.15) is 0 Å². The molecule has 0 aliphatic rings. The van der Waals surface area contributed by atoms with E-state index in [1.807, 2.05) is 10.8 Å². The molecule has 0 fully saturated rings. The number of carbonyl (C=O) groups excluding carboxylic acids is 1. The van der Waals surface area contributed by atoms with E-state index in [2.05, 4.69) is 31.0 Å². The van der Waals surface area contributed by atoms with Crippen LogP contribution in [0.5, 0.6) is 5.75 Å². The molecule has 2 aromatic carbocycles. The minimum Gasteiger partial charge on any atom is -0.496 e. The highest BCUT2D eigenvalue weighted by Crippen LogP contribution is 2.34. The summed E-state index contributed by atoms with van der Waals surface area (Å²) in [6.45, 7) is 5.38. The summed E-state index contributed by atoms with van der Waals surface area (Å²) in [5.41, 5.74) is 3.67. The average Bonchev–Trinajstić information content (AvgIpc) is 3.43. The van der Waals surface area contributed by atoms with Crippen LogP contribution in [0.1, 0.15) is 27.9 Å². The molecule has 6 nitrogen and oxygen atoms in total. The molecule has 4 rings (SSSR count). The van der Waals surface area contributed by atoms with Gasteiger partial charge in [-0.25, -0.2) is 9.97 Å². The van der Waals surface area contributed by atoms with Crippen molar-refractivity contribution in [2.45, 2.75) is 26.8 Å². The third-order valence-electron chi connectivity index (χ3n) is 5.30. The molecule has 31 heavy (non-hydrogen) atoms. The Balaban J connectivity index is 1.71. The Kier molecular flexibility index (Phi) is 6.25. The van der Waals surface area contributed by atoms with E-state index in [1.165, 1.54) is 16.9 Å². The molecular formula is C23H23ClN4O2S. The first kappa shape index (κ1) is 21.3. The summed E-state index contributed by atoms with van der Waals surface area (Å²) in [6.07, 6.45) is 6.18. The second-order valence-corrected chi connectivity index (χ2v) is 8.75. The van der Waals surface area contributed by atoms with Gasteiger partial charge >= 0.3 is 0 Å². The SMILES string of the molecule is COc1ccc(Cl)cc1C(=O)N(CCCn1ccnc1)c1nc2c(C)c(C)ccc2s1. The van der Waals surface area contributed by atoms with E-state index in [0.29, 0.717) is 28.0 Å². The van der Waals surface area contributed by atoms with Gasteiger partial charge in [-0.15, -0.1) is 0 Å². The number of methoxy groups -OCH3 is 1. The van der Waals surface area contributed by atoms with Crippen LogP contribution >= 0.6 is 22.9 Å². The number of hydrogen-bond donors (Lipinski definition) is 0. The summed E-state index contributed by atoms with van der Waals surface area (Å²) in [6, 6.07) is 9.22. The Morgan fingerprint density at radius 1 is 1.26 bits per heavy atom. The van der Waals surface area contributed by atoms with E-state index in [0.717, 1.165) is 28.7 Å². The topological polar surface area (TPSA) is 60.2 Å². The van der Waals surface area contributed by atoms with Gasteiger partial charge in [0.2, 0.25) is 0 Å². The number of hydrogen-bond acceptors (Lipinski definition) is 5. The third-order valence-corrected chi connectivity index (χ3v) is 6.58. The molecule has 2 heterocycles. The fourth-order valence-electron chi connectivity index (χ4n) is 3.44. The molecule has 0 spiro atoms. The third kappa shape index (κ3) is 4.43. The van der Waals surface area contributed by atoms with E-state index in [4.69, 9.17) is 21.3 Å². The predicted molar refractivity (Wildman–Crippen MR) is 126 cm³/mol. The van der Waals surface area contributed by atoms with Gasteiger partial charge in [-0.3, -0.25) is 9.69 Å². The van der Waals surface area contributed by atoms with E-state index in [9.17, 15) is 4.79 Å². The zero-order chi connectivity index (χ0) is 22.0. The van der Waals surface area contributed by atoms with Gasteiger partial charge in [-0.05, 0) is 55.7 Å². The first-order chi connectivity index (χ1) is 15.0. The lowest BCUT2D eigenvalue weighted by molar-refractivity contribution is 0.0983. The van der Waals surface area contributed by atoms with Gasteiger partial charge in [0.05, 0.1) is 29.2 Å². The minimum atomic E-state index is -0.182. The Morgan fingerprint density at radius 3 is 2.84 bits per heavy atom. The molecule has 0 N–H and O–H groups in total. The second kappa shape index (κ2) is 9.08. The van der Waals surface area contributed by atoms with Crippen molar-refractivity contribution in [1.82, 2.24) is 14.5 Å². The number of benzene rings is 2. The lowest BCUT2D eigenvalue weighted by atomic mass is 10.1. The zero-order valence-corrected chi connectivity index (χ0v) is 19.2. The molecule has 0 aliphatic carbocycles. The number of carbonyl (C=O) groups is 1. The number of aromatic nitrogens is 3. The van der Waals surface area contributed by atoms with Crippen LogP contribution in [0.2, 0.25) is 5.02 Å². The molecule has 160 valence electrons. The number of ether oxygens (including phenoxy) is 1. The molecule has 0 saturated carbocycles. The minimum absolute atomic E-state index is 0.182. The van der Waals surface area contributed by atoms with Gasteiger partial charge in [0.25, 0.3) is 5.91 Å². The van der Waals surface area contributed by atoms with Crippen LogP contribution in [-0.2, 0) is 6.54 Å². The van der Waals surface area contributed by atoms with Crippen molar-refractivity contribution >= 4 is 44.2 Å². The lowest BCUT2D eigenvalue weighted by Crippen LogP contribution is -2.32. The average molecular weight is 455 g/mol. The van der Waals surface area contributed by atoms with Crippen molar-refractivity contribution in [1.29, 1.82) is 0 Å². The first-order valence-corrected chi connectivity index (χ1v) is 11.1. The van der Waals surface area contributed by atoms with Crippen molar-refractivity contribution in [3.8, 4) is 5.75 Å². The summed E-state index contributed by atoms with van der Waals surface area (Å²) in [5.74, 6) is 0.306. The van der Waals surface area contributed by atoms with E-state index < -0.39 is 0 Å². The number of aryl methyl sites for hydroxylation is 3. The normalized spacial score (nSPS) is 11.1. The summed E-state index contributed by atoms with van der Waals surface area (Å²) in [5, 5.41) is 1.15. The Labute approximate surface area is 190 Å². The molecule has 0 saturated heterocycles. The standard InChI is InChI=1S/C23H23ClN4O2S/c1-15-5-8-20-21(16(15)2)26-23(31-20)28(11-4-10-27-12-9-25-14-27)22(29)18-13-17(24)6-7-19(18)30-3/h5-9,12-14H,4,10-11H2,1-3H3. The maximum Gasteiger partial charge on any atom is 0.263 e. The van der Waals surface area contributed by atoms with Gasteiger partial charge in [0, 0.05) is 30.5 Å². The first-order valence-electron chi connectivity index (χ1n) is 9.96. The van der Waals surface area contributed by atoms with Gasteiger partial charge in [0.15, 0.2) is 5.13 Å². The number of thiazole rings is 1. The number of halogens is 1. The lowest BCUT2D eigenvalue weighted by Gasteiger charge is -2.21. The largest absolute Gasteiger partial charge is 0.496 e.